The average molecular weight is 791 g/mol. The fraction of sp³-hybridized carbons (Fsp3) is 0.0169. The van der Waals surface area contributed by atoms with Crippen LogP contribution >= 0.6 is 0 Å². The van der Waals surface area contributed by atoms with E-state index in [0.29, 0.717) is 0 Å². The molecule has 0 N–H and O–H groups in total. The Morgan fingerprint density at radius 1 is 0.371 bits per heavy atom. The van der Waals surface area contributed by atoms with Crippen molar-refractivity contribution in [3.63, 3.8) is 0 Å². The molecule has 13 rings (SSSR count). The Bertz CT molecular complexity index is 3490. The quantitative estimate of drug-likeness (QED) is 0.173. The van der Waals surface area contributed by atoms with E-state index in [0.717, 1.165) is 50.7 Å². The number of ether oxygens (including phenoxy) is 1. The summed E-state index contributed by atoms with van der Waals surface area (Å²) in [4.78, 5) is 2.33. The van der Waals surface area contributed by atoms with Crippen molar-refractivity contribution in [2.24, 2.45) is 0 Å². The molecule has 0 saturated carbocycles. The van der Waals surface area contributed by atoms with Crippen LogP contribution in [-0.2, 0) is 5.41 Å². The minimum atomic E-state index is -0.549. The molecule has 62 heavy (non-hydrogen) atoms. The standard InChI is InChI=1S/C59H38N2O/c1-3-15-39(16-4-1)40-27-30-43(31-28-40)60(42-18-5-2-6-19-42)44-32-34-45(35-33-44)61-53-37-29-41-17-7-8-20-46(41)56(53)57-54(61)38-36-52-58(57)62-55-26-14-13-25-51(55)59(52)49-23-11-9-21-47(49)48-22-10-12-24-50(48)59/h1-38H. The van der Waals surface area contributed by atoms with E-state index in [2.05, 4.69) is 240 Å². The monoisotopic (exact) mass is 790 g/mol. The zero-order valence-corrected chi connectivity index (χ0v) is 33.7. The second kappa shape index (κ2) is 13.4. The average Bonchev–Trinajstić information content (AvgIpc) is 3.84. The molecule has 10 aromatic carbocycles. The van der Waals surface area contributed by atoms with Crippen molar-refractivity contribution in [2.45, 2.75) is 5.41 Å². The second-order valence-corrected chi connectivity index (χ2v) is 16.4. The van der Waals surface area contributed by atoms with Crippen LogP contribution in [0.5, 0.6) is 11.5 Å². The van der Waals surface area contributed by atoms with Crippen molar-refractivity contribution in [1.29, 1.82) is 0 Å². The summed E-state index contributed by atoms with van der Waals surface area (Å²) in [6, 6.07) is 83.6. The first-order valence-corrected chi connectivity index (χ1v) is 21.3. The van der Waals surface area contributed by atoms with Crippen molar-refractivity contribution in [3.8, 4) is 39.4 Å². The fourth-order valence-electron chi connectivity index (χ4n) is 10.7. The molecule has 290 valence electrons. The molecule has 1 aliphatic heterocycles. The Morgan fingerprint density at radius 3 is 1.63 bits per heavy atom. The third-order valence-electron chi connectivity index (χ3n) is 13.2. The van der Waals surface area contributed by atoms with Gasteiger partial charge < -0.3 is 14.2 Å². The summed E-state index contributed by atoms with van der Waals surface area (Å²) in [5.74, 6) is 1.81. The molecule has 0 bridgehead atoms. The highest BCUT2D eigenvalue weighted by molar-refractivity contribution is 6.23. The molecular weight excluding hydrogens is 753 g/mol. The topological polar surface area (TPSA) is 17.4 Å². The normalized spacial score (nSPS) is 13.1. The molecule has 0 saturated heterocycles. The van der Waals surface area contributed by atoms with Crippen molar-refractivity contribution in [2.75, 3.05) is 4.90 Å². The molecule has 1 aromatic heterocycles. The summed E-state index contributed by atoms with van der Waals surface area (Å²) in [5, 5.41) is 4.72. The molecule has 3 nitrogen and oxygen atoms in total. The van der Waals surface area contributed by atoms with Gasteiger partial charge in [-0.15, -0.1) is 0 Å². The highest BCUT2D eigenvalue weighted by Crippen LogP contribution is 2.63. The lowest BCUT2D eigenvalue weighted by molar-refractivity contribution is 0.442. The maximum absolute atomic E-state index is 7.28. The summed E-state index contributed by atoms with van der Waals surface area (Å²) >= 11 is 0. The van der Waals surface area contributed by atoms with Crippen LogP contribution in [0.4, 0.5) is 17.1 Å². The van der Waals surface area contributed by atoms with Crippen molar-refractivity contribution < 1.29 is 4.74 Å². The number of fused-ring (bicyclic) bond motifs is 15. The Morgan fingerprint density at radius 2 is 0.903 bits per heavy atom. The van der Waals surface area contributed by atoms with Crippen LogP contribution in [0.3, 0.4) is 0 Å². The molecule has 1 aliphatic carbocycles. The highest BCUT2D eigenvalue weighted by atomic mass is 16.5. The van der Waals surface area contributed by atoms with E-state index in [1.165, 1.54) is 60.7 Å². The number of anilines is 3. The molecule has 0 radical (unpaired) electrons. The van der Waals surface area contributed by atoms with E-state index >= 15 is 0 Å². The highest BCUT2D eigenvalue weighted by Gasteiger charge is 2.51. The molecule has 3 heteroatoms. The third kappa shape index (κ3) is 4.88. The minimum Gasteiger partial charge on any atom is -0.456 e. The van der Waals surface area contributed by atoms with E-state index in [9.17, 15) is 0 Å². The van der Waals surface area contributed by atoms with Gasteiger partial charge in [-0.25, -0.2) is 0 Å². The Balaban J connectivity index is 1.03. The summed E-state index contributed by atoms with van der Waals surface area (Å²) in [6.07, 6.45) is 0. The number of hydrogen-bond acceptors (Lipinski definition) is 2. The maximum atomic E-state index is 7.28. The molecule has 0 atom stereocenters. The van der Waals surface area contributed by atoms with E-state index in [-0.39, 0.29) is 0 Å². The number of para-hydroxylation sites is 2. The number of nitrogens with zero attached hydrogens (tertiary/aromatic N) is 2. The van der Waals surface area contributed by atoms with Gasteiger partial charge in [0.2, 0.25) is 0 Å². The lowest BCUT2D eigenvalue weighted by atomic mass is 9.66. The van der Waals surface area contributed by atoms with E-state index in [1.807, 2.05) is 0 Å². The van der Waals surface area contributed by atoms with Gasteiger partial charge in [0.25, 0.3) is 0 Å². The summed E-state index contributed by atoms with van der Waals surface area (Å²) < 4.78 is 9.71. The lowest BCUT2D eigenvalue weighted by Crippen LogP contribution is -2.32. The predicted octanol–water partition coefficient (Wildman–Crippen LogP) is 15.5. The van der Waals surface area contributed by atoms with E-state index < -0.39 is 5.41 Å². The summed E-state index contributed by atoms with van der Waals surface area (Å²) in [7, 11) is 0. The van der Waals surface area contributed by atoms with Crippen LogP contribution in [0, 0.1) is 0 Å². The zero-order valence-electron chi connectivity index (χ0n) is 33.7. The van der Waals surface area contributed by atoms with Crippen LogP contribution in [0.25, 0.3) is 60.5 Å². The number of rotatable bonds is 5. The van der Waals surface area contributed by atoms with Crippen molar-refractivity contribution in [3.05, 3.63) is 253 Å². The lowest BCUT2D eigenvalue weighted by Gasteiger charge is -2.39. The molecule has 0 fully saturated rings. The Kier molecular flexibility index (Phi) is 7.52. The first-order valence-electron chi connectivity index (χ1n) is 21.3. The van der Waals surface area contributed by atoms with Crippen LogP contribution in [-0.4, -0.2) is 4.57 Å². The van der Waals surface area contributed by atoms with Gasteiger partial charge in [-0.05, 0) is 111 Å². The number of benzene rings is 10. The molecule has 11 aromatic rings. The third-order valence-corrected chi connectivity index (χ3v) is 13.2. The molecular formula is C59H38N2O. The molecule has 0 unspecified atom stereocenters. The Labute approximate surface area is 360 Å². The smallest absolute Gasteiger partial charge is 0.142 e. The summed E-state index contributed by atoms with van der Waals surface area (Å²) in [5.41, 5.74) is 15.9. The van der Waals surface area contributed by atoms with Gasteiger partial charge in [0.15, 0.2) is 0 Å². The van der Waals surface area contributed by atoms with Gasteiger partial charge in [-0.2, -0.15) is 0 Å². The first kappa shape index (κ1) is 34.7. The van der Waals surface area contributed by atoms with Gasteiger partial charge in [0, 0.05) is 39.3 Å². The van der Waals surface area contributed by atoms with Crippen LogP contribution in [0.1, 0.15) is 22.3 Å². The second-order valence-electron chi connectivity index (χ2n) is 16.4. The SMILES string of the molecule is c1ccc(-c2ccc(N(c3ccccc3)c3ccc(-n4c5ccc6c(c5c5c7ccccc7ccc54)Oc4ccccc4C64c5ccccc5-c5ccccc54)cc3)cc2)cc1. The van der Waals surface area contributed by atoms with Gasteiger partial charge in [-0.1, -0.05) is 164 Å². The van der Waals surface area contributed by atoms with Crippen LogP contribution < -0.4 is 9.64 Å². The van der Waals surface area contributed by atoms with Crippen LogP contribution in [0.2, 0.25) is 0 Å². The predicted molar refractivity (Wildman–Crippen MR) is 256 cm³/mol. The van der Waals surface area contributed by atoms with E-state index in [4.69, 9.17) is 4.74 Å². The van der Waals surface area contributed by atoms with Gasteiger partial charge >= 0.3 is 0 Å². The fourth-order valence-corrected chi connectivity index (χ4v) is 10.7. The maximum Gasteiger partial charge on any atom is 0.142 e. The van der Waals surface area contributed by atoms with E-state index in [1.54, 1.807) is 0 Å². The largest absolute Gasteiger partial charge is 0.456 e. The summed E-state index contributed by atoms with van der Waals surface area (Å²) in [6.45, 7) is 0. The van der Waals surface area contributed by atoms with Crippen molar-refractivity contribution in [1.82, 2.24) is 4.57 Å². The van der Waals surface area contributed by atoms with Gasteiger partial charge in [0.1, 0.15) is 11.5 Å². The van der Waals surface area contributed by atoms with Crippen LogP contribution in [0.15, 0.2) is 231 Å². The Hall–Kier alpha value is -8.14. The van der Waals surface area contributed by atoms with Crippen molar-refractivity contribution >= 4 is 49.6 Å². The number of aromatic nitrogens is 1. The zero-order chi connectivity index (χ0) is 40.8. The minimum absolute atomic E-state index is 0.549. The van der Waals surface area contributed by atoms with Gasteiger partial charge in [0.05, 0.1) is 21.8 Å². The number of hydrogen-bond donors (Lipinski definition) is 0. The molecule has 2 aliphatic rings. The molecule has 2 heterocycles. The molecule has 0 amide bonds. The molecule has 1 spiro atoms. The first-order chi connectivity index (χ1) is 30.8. The van der Waals surface area contributed by atoms with Gasteiger partial charge in [-0.3, -0.25) is 0 Å².